The molecule has 0 saturated carbocycles. The van der Waals surface area contributed by atoms with E-state index in [1.165, 1.54) is 7.11 Å². The summed E-state index contributed by atoms with van der Waals surface area (Å²) in [6.45, 7) is 0.198. The van der Waals surface area contributed by atoms with E-state index in [4.69, 9.17) is 9.47 Å². The van der Waals surface area contributed by atoms with Gasteiger partial charge in [0, 0.05) is 11.7 Å². The maximum atomic E-state index is 13.8. The predicted molar refractivity (Wildman–Crippen MR) is 135 cm³/mol. The molecule has 184 valence electrons. The van der Waals surface area contributed by atoms with E-state index in [0.29, 0.717) is 12.8 Å². The highest BCUT2D eigenvalue weighted by molar-refractivity contribution is 5.80. The van der Waals surface area contributed by atoms with Crippen LogP contribution in [0.25, 0.3) is 0 Å². The molecule has 0 bridgehead atoms. The molecule has 3 heterocycles. The standard InChI is InChI=1S/C29H29N3O4/c1-35-26(33)23-17-29-21-14-8-9-15-22(21)31-27(29)32(28(34)36-18-20-12-6-3-7-13-20)24(25(29)30-23)16-19-10-4-2-5-11-19/h2-15,23-25,27,30-31H,16-18H2,1H3/t23-,24+,25+,27+,29-/m0/s1. The van der Waals surface area contributed by atoms with Crippen LogP contribution >= 0.6 is 0 Å². The van der Waals surface area contributed by atoms with Crippen molar-refractivity contribution in [2.45, 2.75) is 49.2 Å². The first-order valence-electron chi connectivity index (χ1n) is 12.3. The molecule has 1 spiro atoms. The predicted octanol–water partition coefficient (Wildman–Crippen LogP) is 3.84. The van der Waals surface area contributed by atoms with E-state index in [-0.39, 0.29) is 36.9 Å². The summed E-state index contributed by atoms with van der Waals surface area (Å²) in [6.07, 6.45) is 0.455. The maximum Gasteiger partial charge on any atom is 0.412 e. The number of nitrogens with zero attached hydrogens (tertiary/aromatic N) is 1. The van der Waals surface area contributed by atoms with Gasteiger partial charge < -0.3 is 14.8 Å². The first kappa shape index (κ1) is 22.6. The fourth-order valence-electron chi connectivity index (χ4n) is 6.41. The van der Waals surface area contributed by atoms with Gasteiger partial charge >= 0.3 is 12.1 Å². The normalized spacial score (nSPS) is 27.5. The Morgan fingerprint density at radius 3 is 2.33 bits per heavy atom. The van der Waals surface area contributed by atoms with Crippen molar-refractivity contribution in [2.24, 2.45) is 0 Å². The van der Waals surface area contributed by atoms with Crippen molar-refractivity contribution in [1.82, 2.24) is 10.2 Å². The molecule has 0 unspecified atom stereocenters. The minimum absolute atomic E-state index is 0.160. The number of fused-ring (bicyclic) bond motifs is 1. The molecule has 2 fully saturated rings. The molecule has 5 atom stereocenters. The molecule has 7 heteroatoms. The van der Waals surface area contributed by atoms with Crippen LogP contribution in [0.2, 0.25) is 0 Å². The van der Waals surface area contributed by atoms with Gasteiger partial charge in [0.15, 0.2) is 0 Å². The Bertz CT molecular complexity index is 1270. The van der Waals surface area contributed by atoms with E-state index in [0.717, 1.165) is 22.4 Å². The summed E-state index contributed by atoms with van der Waals surface area (Å²) >= 11 is 0. The van der Waals surface area contributed by atoms with E-state index in [1.54, 1.807) is 0 Å². The number of esters is 1. The van der Waals surface area contributed by atoms with Crippen LogP contribution in [0.5, 0.6) is 0 Å². The van der Waals surface area contributed by atoms with Crippen molar-refractivity contribution in [3.05, 3.63) is 102 Å². The van der Waals surface area contributed by atoms with Crippen molar-refractivity contribution < 1.29 is 19.1 Å². The zero-order chi connectivity index (χ0) is 24.7. The van der Waals surface area contributed by atoms with Gasteiger partial charge in [-0.3, -0.25) is 15.0 Å². The second kappa shape index (κ2) is 8.99. The van der Waals surface area contributed by atoms with Gasteiger partial charge in [0.2, 0.25) is 0 Å². The fraction of sp³-hybridized carbons (Fsp3) is 0.310. The van der Waals surface area contributed by atoms with E-state index in [2.05, 4.69) is 28.8 Å². The fourth-order valence-corrected chi connectivity index (χ4v) is 6.41. The zero-order valence-corrected chi connectivity index (χ0v) is 20.1. The monoisotopic (exact) mass is 483 g/mol. The van der Waals surface area contributed by atoms with Gasteiger partial charge in [-0.1, -0.05) is 78.9 Å². The highest BCUT2D eigenvalue weighted by atomic mass is 16.6. The molecular formula is C29H29N3O4. The third-order valence-electron chi connectivity index (χ3n) is 7.90. The number of nitrogens with one attached hydrogen (secondary N) is 2. The summed E-state index contributed by atoms with van der Waals surface area (Å²) < 4.78 is 11.0. The summed E-state index contributed by atoms with van der Waals surface area (Å²) in [4.78, 5) is 28.3. The van der Waals surface area contributed by atoms with Gasteiger partial charge in [-0.25, -0.2) is 4.79 Å². The third-order valence-corrected chi connectivity index (χ3v) is 7.90. The number of likely N-dealkylation sites (tertiary alicyclic amines) is 1. The van der Waals surface area contributed by atoms with Crippen molar-refractivity contribution >= 4 is 17.7 Å². The van der Waals surface area contributed by atoms with Crippen LogP contribution in [-0.2, 0) is 32.7 Å². The minimum atomic E-state index is -0.485. The lowest BCUT2D eigenvalue weighted by Gasteiger charge is -2.33. The first-order valence-corrected chi connectivity index (χ1v) is 12.3. The number of hydrogen-bond acceptors (Lipinski definition) is 6. The molecule has 2 saturated heterocycles. The quantitative estimate of drug-likeness (QED) is 0.537. The van der Waals surface area contributed by atoms with Gasteiger partial charge in [0.25, 0.3) is 0 Å². The number of carbonyl (C=O) groups excluding carboxylic acids is 2. The van der Waals surface area contributed by atoms with E-state index in [1.807, 2.05) is 71.6 Å². The van der Waals surface area contributed by atoms with E-state index in [9.17, 15) is 9.59 Å². The Hall–Kier alpha value is -3.84. The Morgan fingerprint density at radius 1 is 0.944 bits per heavy atom. The average Bonchev–Trinajstić information content (AvgIpc) is 3.54. The number of methoxy groups -OCH3 is 1. The highest BCUT2D eigenvalue weighted by Gasteiger charge is 2.69. The van der Waals surface area contributed by atoms with Crippen molar-refractivity contribution in [3.8, 4) is 0 Å². The lowest BCUT2D eigenvalue weighted by Crippen LogP contribution is -2.51. The van der Waals surface area contributed by atoms with Gasteiger partial charge in [0.05, 0.1) is 18.6 Å². The summed E-state index contributed by atoms with van der Waals surface area (Å²) in [7, 11) is 1.42. The number of para-hydroxylation sites is 1. The van der Waals surface area contributed by atoms with Gasteiger partial charge in [-0.15, -0.1) is 0 Å². The lowest BCUT2D eigenvalue weighted by molar-refractivity contribution is -0.142. The largest absolute Gasteiger partial charge is 0.468 e. The van der Waals surface area contributed by atoms with E-state index >= 15 is 0 Å². The molecule has 6 rings (SSSR count). The lowest BCUT2D eigenvalue weighted by atomic mass is 9.73. The Balaban J connectivity index is 1.40. The molecule has 3 aromatic rings. The SMILES string of the molecule is COC(=O)[C@@H]1C[C@@]23c4ccccc4N[C@@H]2N(C(=O)OCc2ccccc2)[C@H](Cc2ccccc2)[C@H]3N1. The number of anilines is 1. The molecular weight excluding hydrogens is 454 g/mol. The molecule has 0 aliphatic carbocycles. The number of ether oxygens (including phenoxy) is 2. The van der Waals surface area contributed by atoms with Crippen molar-refractivity contribution in [3.63, 3.8) is 0 Å². The Kier molecular flexibility index (Phi) is 5.64. The molecule has 36 heavy (non-hydrogen) atoms. The van der Waals surface area contributed by atoms with Crippen LogP contribution in [0.4, 0.5) is 10.5 Å². The minimum Gasteiger partial charge on any atom is -0.468 e. The number of amides is 1. The van der Waals surface area contributed by atoms with Crippen LogP contribution in [0.15, 0.2) is 84.9 Å². The van der Waals surface area contributed by atoms with E-state index < -0.39 is 11.5 Å². The second-order valence-electron chi connectivity index (χ2n) is 9.76. The summed E-state index contributed by atoms with van der Waals surface area (Å²) in [5.41, 5.74) is 3.68. The second-order valence-corrected chi connectivity index (χ2v) is 9.76. The smallest absolute Gasteiger partial charge is 0.412 e. The maximum absolute atomic E-state index is 13.8. The summed E-state index contributed by atoms with van der Waals surface area (Å²) in [5.74, 6) is -0.279. The molecule has 0 radical (unpaired) electrons. The molecule has 3 aromatic carbocycles. The van der Waals surface area contributed by atoms with Crippen LogP contribution in [-0.4, -0.2) is 48.4 Å². The average molecular weight is 484 g/mol. The molecule has 3 aliphatic rings. The first-order chi connectivity index (χ1) is 17.6. The summed E-state index contributed by atoms with van der Waals surface area (Å²) in [6, 6.07) is 27.1. The molecule has 2 N–H and O–H groups in total. The topological polar surface area (TPSA) is 79.9 Å². The molecule has 7 nitrogen and oxygen atoms in total. The summed E-state index contributed by atoms with van der Waals surface area (Å²) in [5, 5.41) is 7.19. The van der Waals surface area contributed by atoms with Crippen molar-refractivity contribution in [2.75, 3.05) is 12.4 Å². The Morgan fingerprint density at radius 2 is 1.61 bits per heavy atom. The number of rotatable bonds is 5. The van der Waals surface area contributed by atoms with Crippen LogP contribution in [0.3, 0.4) is 0 Å². The van der Waals surface area contributed by atoms with Crippen molar-refractivity contribution in [1.29, 1.82) is 0 Å². The third kappa shape index (κ3) is 3.54. The number of carbonyl (C=O) groups is 2. The molecule has 3 aliphatic heterocycles. The molecule has 1 amide bonds. The van der Waals surface area contributed by atoms with Crippen LogP contribution in [0, 0.1) is 0 Å². The van der Waals surface area contributed by atoms with Gasteiger partial charge in [-0.05, 0) is 35.6 Å². The zero-order valence-electron chi connectivity index (χ0n) is 20.1. The number of hydrogen-bond donors (Lipinski definition) is 2. The van der Waals surface area contributed by atoms with Crippen LogP contribution < -0.4 is 10.6 Å². The van der Waals surface area contributed by atoms with Gasteiger partial charge in [0.1, 0.15) is 18.8 Å². The van der Waals surface area contributed by atoms with Crippen LogP contribution in [0.1, 0.15) is 23.1 Å². The van der Waals surface area contributed by atoms with Gasteiger partial charge in [-0.2, -0.15) is 0 Å². The molecule has 0 aromatic heterocycles. The Labute approximate surface area is 210 Å². The number of benzene rings is 3. The highest BCUT2D eigenvalue weighted by Crippen LogP contribution is 2.56.